The summed E-state index contributed by atoms with van der Waals surface area (Å²) < 4.78 is 11.3. The smallest absolute Gasteiger partial charge is 0.331 e. The van der Waals surface area contributed by atoms with Gasteiger partial charge in [0.25, 0.3) is 0 Å². The number of benzene rings is 2. The second-order valence-corrected chi connectivity index (χ2v) is 18.4. The molecule has 0 N–H and O–H groups in total. The zero-order valence-corrected chi connectivity index (χ0v) is 22.3. The van der Waals surface area contributed by atoms with Crippen molar-refractivity contribution in [2.75, 3.05) is 0 Å². The molecule has 0 aliphatic heterocycles. The fraction of sp³-hybridized carbons (Fsp3) is 0.385. The van der Waals surface area contributed by atoms with Crippen LogP contribution in [0.3, 0.4) is 0 Å². The van der Waals surface area contributed by atoms with E-state index in [2.05, 4.69) is 41.5 Å². The molecule has 0 saturated carbocycles. The number of hydrogen-bond donors (Lipinski definition) is 0. The monoisotopic (exact) mass is 530 g/mol. The summed E-state index contributed by atoms with van der Waals surface area (Å²) in [5, 5.41) is 0. The zero-order valence-electron chi connectivity index (χ0n) is 19.5. The summed E-state index contributed by atoms with van der Waals surface area (Å²) in [5.41, 5.74) is 1.77. The minimum Gasteiger partial charge on any atom is -0.458 e. The fourth-order valence-corrected chi connectivity index (χ4v) is 9.24. The molecule has 2 aromatic rings. The third-order valence-electron chi connectivity index (χ3n) is 3.55. The summed E-state index contributed by atoms with van der Waals surface area (Å²) in [4.78, 5) is 23.0. The van der Waals surface area contributed by atoms with Gasteiger partial charge in [0.15, 0.2) is 0 Å². The Bertz CT molecular complexity index is 746. The maximum Gasteiger partial charge on any atom is 0.331 e. The van der Waals surface area contributed by atoms with Crippen LogP contribution in [0.25, 0.3) is 0 Å². The van der Waals surface area contributed by atoms with Crippen LogP contribution in [0, 0.1) is 0 Å². The molecule has 0 spiro atoms. The van der Waals surface area contributed by atoms with Crippen molar-refractivity contribution in [3.05, 3.63) is 83.9 Å². The Morgan fingerprint density at radius 3 is 1.26 bits per heavy atom. The first-order chi connectivity index (χ1) is 14.4. The molecule has 0 heterocycles. The fourth-order valence-electron chi connectivity index (χ4n) is 2.81. The SMILES string of the molecule is C[C](C)(C)[Sn][C](C)(C)C.O=C(/C=C\C(=O)OCc1ccccc1)OCc1ccccc1. The zero-order chi connectivity index (χ0) is 23.3. The number of esters is 2. The normalized spacial score (nSPS) is 11.4. The van der Waals surface area contributed by atoms with Crippen LogP contribution in [0.5, 0.6) is 0 Å². The average molecular weight is 529 g/mol. The molecule has 0 bridgehead atoms. The molecule has 2 rings (SSSR count). The van der Waals surface area contributed by atoms with Crippen LogP contribution in [0.15, 0.2) is 72.8 Å². The number of carbonyl (C=O) groups excluding carboxylic acids is 2. The van der Waals surface area contributed by atoms with Gasteiger partial charge in [-0.1, -0.05) is 60.7 Å². The molecule has 5 heteroatoms. The topological polar surface area (TPSA) is 52.6 Å². The first kappa shape index (κ1) is 27.0. The third-order valence-corrected chi connectivity index (χ3v) is 7.83. The number of ether oxygens (including phenoxy) is 2. The number of rotatable bonds is 6. The maximum atomic E-state index is 11.5. The number of carbonyl (C=O) groups is 2. The largest absolute Gasteiger partial charge is 0.458 e. The van der Waals surface area contributed by atoms with E-state index in [-0.39, 0.29) is 34.4 Å². The third kappa shape index (κ3) is 15.4. The standard InChI is InChI=1S/C18H16O4.2C4H9.Sn/c19-17(21-13-15-7-3-1-4-8-15)11-12-18(20)22-14-16-9-5-2-6-10-16;2*1-4(2)3;/h1-12H,13-14H2;2*1-3H3;/b12-11-;;;. The molecule has 0 atom stereocenters. The Morgan fingerprint density at radius 2 is 1.00 bits per heavy atom. The molecule has 0 aliphatic carbocycles. The van der Waals surface area contributed by atoms with E-state index in [0.717, 1.165) is 23.3 Å². The predicted octanol–water partition coefficient (Wildman–Crippen LogP) is 6.16. The molecule has 31 heavy (non-hydrogen) atoms. The summed E-state index contributed by atoms with van der Waals surface area (Å²) >= 11 is -0.182. The molecule has 4 nitrogen and oxygen atoms in total. The molecule has 2 radical (unpaired) electrons. The Morgan fingerprint density at radius 1 is 0.677 bits per heavy atom. The molecular weight excluding hydrogens is 495 g/mol. The van der Waals surface area contributed by atoms with Crippen molar-refractivity contribution in [2.45, 2.75) is 61.6 Å². The van der Waals surface area contributed by atoms with Gasteiger partial charge >= 0.3 is 81.5 Å². The molecule has 0 saturated heterocycles. The van der Waals surface area contributed by atoms with Crippen molar-refractivity contribution in [1.29, 1.82) is 0 Å². The van der Waals surface area contributed by atoms with Gasteiger partial charge in [-0.3, -0.25) is 0 Å². The van der Waals surface area contributed by atoms with Gasteiger partial charge in [0.1, 0.15) is 13.2 Å². The van der Waals surface area contributed by atoms with E-state index in [0.29, 0.717) is 6.86 Å². The van der Waals surface area contributed by atoms with Crippen LogP contribution in [0.4, 0.5) is 0 Å². The second kappa shape index (κ2) is 13.4. The quantitative estimate of drug-likeness (QED) is 0.256. The molecule has 2 aromatic carbocycles. The first-order valence-corrected chi connectivity index (χ1v) is 13.2. The van der Waals surface area contributed by atoms with Gasteiger partial charge in [-0.25, -0.2) is 9.59 Å². The van der Waals surface area contributed by atoms with Gasteiger partial charge in [-0.15, -0.1) is 0 Å². The summed E-state index contributed by atoms with van der Waals surface area (Å²) in [6, 6.07) is 18.6. The number of hydrogen-bond acceptors (Lipinski definition) is 4. The van der Waals surface area contributed by atoms with Gasteiger partial charge in [-0.05, 0) is 11.1 Å². The van der Waals surface area contributed by atoms with Crippen LogP contribution < -0.4 is 0 Å². The van der Waals surface area contributed by atoms with Crippen molar-refractivity contribution in [3.8, 4) is 0 Å². The first-order valence-electron chi connectivity index (χ1n) is 10.3. The molecule has 0 aliphatic rings. The van der Waals surface area contributed by atoms with Crippen LogP contribution in [0.2, 0.25) is 6.86 Å². The van der Waals surface area contributed by atoms with Gasteiger partial charge in [0, 0.05) is 12.2 Å². The van der Waals surface area contributed by atoms with Crippen molar-refractivity contribution < 1.29 is 19.1 Å². The summed E-state index contributed by atoms with van der Waals surface area (Å²) in [6.45, 7) is 14.5. The van der Waals surface area contributed by atoms with Crippen molar-refractivity contribution >= 4 is 33.1 Å². The van der Waals surface area contributed by atoms with Crippen LogP contribution in [-0.2, 0) is 32.3 Å². The van der Waals surface area contributed by atoms with Gasteiger partial charge in [0.2, 0.25) is 0 Å². The van der Waals surface area contributed by atoms with Gasteiger partial charge in [0.05, 0.1) is 0 Å². The average Bonchev–Trinajstić information content (AvgIpc) is 2.68. The van der Waals surface area contributed by atoms with E-state index in [9.17, 15) is 9.59 Å². The molecule has 0 aromatic heterocycles. The van der Waals surface area contributed by atoms with Crippen LogP contribution in [-0.4, -0.2) is 33.1 Å². The summed E-state index contributed by atoms with van der Waals surface area (Å²) in [7, 11) is 0. The second-order valence-electron chi connectivity index (χ2n) is 9.14. The summed E-state index contributed by atoms with van der Waals surface area (Å²) in [6.07, 6.45) is 2.13. The maximum absolute atomic E-state index is 11.5. The van der Waals surface area contributed by atoms with E-state index in [1.54, 1.807) is 0 Å². The van der Waals surface area contributed by atoms with E-state index in [1.807, 2.05) is 60.7 Å². The van der Waals surface area contributed by atoms with Crippen molar-refractivity contribution in [3.63, 3.8) is 0 Å². The molecule has 0 unspecified atom stereocenters. The Kier molecular flexibility index (Phi) is 11.6. The van der Waals surface area contributed by atoms with Crippen LogP contribution in [0.1, 0.15) is 52.7 Å². The molecular formula is C26H34O4Sn. The van der Waals surface area contributed by atoms with Crippen LogP contribution >= 0.6 is 0 Å². The molecule has 0 amide bonds. The van der Waals surface area contributed by atoms with Crippen molar-refractivity contribution in [2.24, 2.45) is 0 Å². The summed E-state index contributed by atoms with van der Waals surface area (Å²) in [5.74, 6) is -1.17. The predicted molar refractivity (Wildman–Crippen MR) is 127 cm³/mol. The van der Waals surface area contributed by atoms with Gasteiger partial charge < -0.3 is 9.47 Å². The Balaban J connectivity index is 0.000000452. The Hall–Kier alpha value is -2.08. The Labute approximate surface area is 197 Å². The van der Waals surface area contributed by atoms with E-state index in [1.165, 1.54) is 0 Å². The van der Waals surface area contributed by atoms with E-state index < -0.39 is 11.9 Å². The molecule has 0 fully saturated rings. The van der Waals surface area contributed by atoms with E-state index in [4.69, 9.17) is 9.47 Å². The van der Waals surface area contributed by atoms with E-state index >= 15 is 0 Å². The minimum absolute atomic E-state index is 0.170. The van der Waals surface area contributed by atoms with Crippen molar-refractivity contribution in [1.82, 2.24) is 0 Å². The van der Waals surface area contributed by atoms with Gasteiger partial charge in [-0.2, -0.15) is 0 Å². The molecule has 166 valence electrons. The minimum atomic E-state index is -0.583.